The third-order valence-electron chi connectivity index (χ3n) is 2.05. The van der Waals surface area contributed by atoms with Crippen LogP contribution in [0.2, 0.25) is 0 Å². The molecule has 7 heteroatoms. The van der Waals surface area contributed by atoms with Gasteiger partial charge in [-0.1, -0.05) is 19.8 Å². The standard InChI is InChI=1S/C10H18F3NO3/c1-2-3-4-8(9(15)16)14-5-6-17-7-10(11,12)13/h8,14H,2-7H2,1H3,(H,15,16). The molecule has 0 heterocycles. The number of alkyl halides is 3. The van der Waals surface area contributed by atoms with E-state index in [1.807, 2.05) is 6.92 Å². The van der Waals surface area contributed by atoms with Gasteiger partial charge in [-0.05, 0) is 6.42 Å². The molecule has 0 aromatic heterocycles. The first-order valence-corrected chi connectivity index (χ1v) is 5.47. The number of carbonyl (C=O) groups is 1. The largest absolute Gasteiger partial charge is 0.480 e. The number of unbranched alkanes of at least 4 members (excludes halogenated alkanes) is 1. The third-order valence-corrected chi connectivity index (χ3v) is 2.05. The lowest BCUT2D eigenvalue weighted by atomic mass is 10.1. The van der Waals surface area contributed by atoms with Gasteiger partial charge in [-0.2, -0.15) is 13.2 Å². The second kappa shape index (κ2) is 8.30. The molecule has 0 aliphatic rings. The molecule has 0 radical (unpaired) electrons. The molecule has 0 aromatic carbocycles. The zero-order valence-corrected chi connectivity index (χ0v) is 9.72. The predicted molar refractivity (Wildman–Crippen MR) is 55.8 cm³/mol. The van der Waals surface area contributed by atoms with Crippen LogP contribution in [-0.2, 0) is 9.53 Å². The summed E-state index contributed by atoms with van der Waals surface area (Å²) in [7, 11) is 0. The third kappa shape index (κ3) is 10.1. The highest BCUT2D eigenvalue weighted by molar-refractivity contribution is 5.73. The molecule has 0 bridgehead atoms. The highest BCUT2D eigenvalue weighted by atomic mass is 19.4. The van der Waals surface area contributed by atoms with Gasteiger partial charge in [-0.3, -0.25) is 4.79 Å². The van der Waals surface area contributed by atoms with Crippen LogP contribution in [0.1, 0.15) is 26.2 Å². The fraction of sp³-hybridized carbons (Fsp3) is 0.900. The summed E-state index contributed by atoms with van der Waals surface area (Å²) in [5.74, 6) is -0.991. The summed E-state index contributed by atoms with van der Waals surface area (Å²) in [4.78, 5) is 10.7. The number of rotatable bonds is 9. The molecule has 0 saturated heterocycles. The van der Waals surface area contributed by atoms with Crippen LogP contribution in [0, 0.1) is 0 Å². The molecule has 0 rings (SSSR count). The van der Waals surface area contributed by atoms with Gasteiger partial charge in [0.2, 0.25) is 0 Å². The Balaban J connectivity index is 3.65. The summed E-state index contributed by atoms with van der Waals surface area (Å²) >= 11 is 0. The monoisotopic (exact) mass is 257 g/mol. The van der Waals surface area contributed by atoms with E-state index >= 15 is 0 Å². The van der Waals surface area contributed by atoms with Gasteiger partial charge in [0.25, 0.3) is 0 Å². The quantitative estimate of drug-likeness (QED) is 0.618. The van der Waals surface area contributed by atoms with Gasteiger partial charge in [0.05, 0.1) is 6.61 Å². The van der Waals surface area contributed by atoms with Gasteiger partial charge in [-0.25, -0.2) is 0 Å². The van der Waals surface area contributed by atoms with E-state index < -0.39 is 24.8 Å². The van der Waals surface area contributed by atoms with Gasteiger partial charge in [0.15, 0.2) is 0 Å². The molecule has 1 atom stereocenters. The molecule has 1 unspecified atom stereocenters. The predicted octanol–water partition coefficient (Wildman–Crippen LogP) is 1.80. The van der Waals surface area contributed by atoms with E-state index in [0.29, 0.717) is 6.42 Å². The molecule has 0 fully saturated rings. The molecule has 102 valence electrons. The maximum absolute atomic E-state index is 11.7. The number of hydrogen-bond acceptors (Lipinski definition) is 3. The highest BCUT2D eigenvalue weighted by Gasteiger charge is 2.27. The van der Waals surface area contributed by atoms with E-state index in [1.54, 1.807) is 0 Å². The van der Waals surface area contributed by atoms with E-state index in [1.165, 1.54) is 0 Å². The van der Waals surface area contributed by atoms with Crippen LogP contribution in [0.25, 0.3) is 0 Å². The van der Waals surface area contributed by atoms with E-state index in [-0.39, 0.29) is 13.2 Å². The number of carboxylic acids is 1. The van der Waals surface area contributed by atoms with Crippen LogP contribution in [0.5, 0.6) is 0 Å². The molecule has 0 amide bonds. The summed E-state index contributed by atoms with van der Waals surface area (Å²) in [5, 5.41) is 11.5. The molecular weight excluding hydrogens is 239 g/mol. The Morgan fingerprint density at radius 3 is 2.59 bits per heavy atom. The molecule has 4 nitrogen and oxygen atoms in total. The smallest absolute Gasteiger partial charge is 0.411 e. The Kier molecular flexibility index (Phi) is 7.90. The zero-order chi connectivity index (χ0) is 13.3. The van der Waals surface area contributed by atoms with Crippen LogP contribution >= 0.6 is 0 Å². The lowest BCUT2D eigenvalue weighted by molar-refractivity contribution is -0.173. The van der Waals surface area contributed by atoms with Crippen molar-refractivity contribution in [3.63, 3.8) is 0 Å². The highest BCUT2D eigenvalue weighted by Crippen LogP contribution is 2.13. The van der Waals surface area contributed by atoms with Crippen molar-refractivity contribution in [3.05, 3.63) is 0 Å². The lowest BCUT2D eigenvalue weighted by Gasteiger charge is -2.14. The summed E-state index contributed by atoms with van der Waals surface area (Å²) < 4.78 is 39.4. The van der Waals surface area contributed by atoms with Crippen LogP contribution in [0.15, 0.2) is 0 Å². The number of ether oxygens (including phenoxy) is 1. The fourth-order valence-corrected chi connectivity index (χ4v) is 1.21. The number of nitrogens with one attached hydrogen (secondary N) is 1. The van der Waals surface area contributed by atoms with Crippen molar-refractivity contribution < 1.29 is 27.8 Å². The molecular formula is C10H18F3NO3. The average molecular weight is 257 g/mol. The second-order valence-corrected chi connectivity index (χ2v) is 3.65. The summed E-state index contributed by atoms with van der Waals surface area (Å²) in [6.45, 7) is 0.568. The topological polar surface area (TPSA) is 58.6 Å². The Morgan fingerprint density at radius 1 is 1.47 bits per heavy atom. The number of hydrogen-bond donors (Lipinski definition) is 2. The van der Waals surface area contributed by atoms with Gasteiger partial charge >= 0.3 is 12.1 Å². The second-order valence-electron chi connectivity index (χ2n) is 3.65. The molecule has 0 spiro atoms. The van der Waals surface area contributed by atoms with Crippen LogP contribution in [0.3, 0.4) is 0 Å². The van der Waals surface area contributed by atoms with E-state index in [0.717, 1.165) is 12.8 Å². The first kappa shape index (κ1) is 16.2. The summed E-state index contributed by atoms with van der Waals surface area (Å²) in [5.41, 5.74) is 0. The Bertz CT molecular complexity index is 221. The molecule has 0 aliphatic heterocycles. The molecule has 2 N–H and O–H groups in total. The number of halogens is 3. The Hall–Kier alpha value is -0.820. The van der Waals surface area contributed by atoms with Crippen molar-refractivity contribution in [2.75, 3.05) is 19.8 Å². The maximum atomic E-state index is 11.7. The van der Waals surface area contributed by atoms with Crippen molar-refractivity contribution in [1.82, 2.24) is 5.32 Å². The maximum Gasteiger partial charge on any atom is 0.411 e. The normalized spacial score (nSPS) is 13.6. The Morgan fingerprint density at radius 2 is 2.12 bits per heavy atom. The minimum absolute atomic E-state index is 0.0940. The molecule has 0 saturated carbocycles. The van der Waals surface area contributed by atoms with Crippen LogP contribution < -0.4 is 5.32 Å². The summed E-state index contributed by atoms with van der Waals surface area (Å²) in [6, 6.07) is -0.718. The minimum atomic E-state index is -4.34. The van der Waals surface area contributed by atoms with Crippen molar-refractivity contribution in [2.24, 2.45) is 0 Å². The summed E-state index contributed by atoms with van der Waals surface area (Å²) in [6.07, 6.45) is -2.25. The van der Waals surface area contributed by atoms with Crippen molar-refractivity contribution in [1.29, 1.82) is 0 Å². The van der Waals surface area contributed by atoms with E-state index in [9.17, 15) is 18.0 Å². The molecule has 17 heavy (non-hydrogen) atoms. The van der Waals surface area contributed by atoms with E-state index in [2.05, 4.69) is 10.1 Å². The van der Waals surface area contributed by atoms with Crippen molar-refractivity contribution in [3.8, 4) is 0 Å². The first-order chi connectivity index (χ1) is 7.87. The molecule has 0 aliphatic carbocycles. The zero-order valence-electron chi connectivity index (χ0n) is 9.72. The fourth-order valence-electron chi connectivity index (χ4n) is 1.21. The van der Waals surface area contributed by atoms with Crippen LogP contribution in [-0.4, -0.2) is 43.1 Å². The van der Waals surface area contributed by atoms with Crippen molar-refractivity contribution in [2.45, 2.75) is 38.4 Å². The number of carboxylic acid groups (broad SMARTS) is 1. The van der Waals surface area contributed by atoms with Gasteiger partial charge < -0.3 is 15.2 Å². The number of aliphatic carboxylic acids is 1. The first-order valence-electron chi connectivity index (χ1n) is 5.47. The Labute approximate surface area is 98.1 Å². The van der Waals surface area contributed by atoms with E-state index in [4.69, 9.17) is 5.11 Å². The van der Waals surface area contributed by atoms with Crippen molar-refractivity contribution >= 4 is 5.97 Å². The van der Waals surface area contributed by atoms with Gasteiger partial charge in [0, 0.05) is 6.54 Å². The minimum Gasteiger partial charge on any atom is -0.480 e. The average Bonchev–Trinajstić information content (AvgIpc) is 2.20. The van der Waals surface area contributed by atoms with Crippen LogP contribution in [0.4, 0.5) is 13.2 Å². The SMILES string of the molecule is CCCCC(NCCOCC(F)(F)F)C(=O)O. The van der Waals surface area contributed by atoms with Gasteiger partial charge in [-0.15, -0.1) is 0 Å². The lowest BCUT2D eigenvalue weighted by Crippen LogP contribution is -2.38. The van der Waals surface area contributed by atoms with Gasteiger partial charge in [0.1, 0.15) is 12.6 Å². The molecule has 0 aromatic rings.